The lowest BCUT2D eigenvalue weighted by Crippen LogP contribution is -2.36. The first kappa shape index (κ1) is 10.5. The average molecular weight is 212 g/mol. The number of nitrogens with zero attached hydrogens (tertiary/aromatic N) is 2. The van der Waals surface area contributed by atoms with Crippen molar-refractivity contribution in [3.05, 3.63) is 11.6 Å². The van der Waals surface area contributed by atoms with E-state index in [9.17, 15) is 0 Å². The lowest BCUT2D eigenvalue weighted by molar-refractivity contribution is -0.0998. The highest BCUT2D eigenvalue weighted by molar-refractivity contribution is 5.04. The molecule has 0 aromatic carbocycles. The fourth-order valence-electron chi connectivity index (χ4n) is 1.81. The molecule has 0 saturated carbocycles. The van der Waals surface area contributed by atoms with Crippen LogP contribution in [-0.4, -0.2) is 35.5 Å². The monoisotopic (exact) mass is 212 g/mol. The highest BCUT2D eigenvalue weighted by atomic mass is 16.5. The highest BCUT2D eigenvalue weighted by Crippen LogP contribution is 2.32. The van der Waals surface area contributed by atoms with Gasteiger partial charge in [-0.25, -0.2) is 4.98 Å². The van der Waals surface area contributed by atoms with Crippen LogP contribution in [0.3, 0.4) is 0 Å². The molecule has 1 aliphatic heterocycles. The van der Waals surface area contributed by atoms with Gasteiger partial charge in [0.2, 0.25) is 0 Å². The Morgan fingerprint density at radius 1 is 1.53 bits per heavy atom. The standard InChI is InChI=1S/C9H16N4O2/c1-14-9(2-4-15-5-3-9)8-11-7(6-10)12-13-8/h2-6,10H2,1H3,(H,11,12,13). The quantitative estimate of drug-likeness (QED) is 0.731. The first-order chi connectivity index (χ1) is 7.30. The maximum Gasteiger partial charge on any atom is 0.182 e. The number of aromatic nitrogens is 3. The highest BCUT2D eigenvalue weighted by Gasteiger charge is 2.38. The van der Waals surface area contributed by atoms with E-state index in [1.54, 1.807) is 7.11 Å². The number of nitrogens with two attached hydrogens (primary N) is 1. The Balaban J connectivity index is 2.24. The SMILES string of the molecule is COC1(c2n[nH]c(CN)n2)CCOCC1. The third-order valence-electron chi connectivity index (χ3n) is 2.82. The van der Waals surface area contributed by atoms with Crippen molar-refractivity contribution in [2.24, 2.45) is 5.73 Å². The molecule has 1 fully saturated rings. The summed E-state index contributed by atoms with van der Waals surface area (Å²) in [4.78, 5) is 4.32. The number of hydrogen-bond acceptors (Lipinski definition) is 5. The minimum atomic E-state index is -0.401. The Bertz CT molecular complexity index is 320. The third-order valence-corrected chi connectivity index (χ3v) is 2.82. The zero-order chi connectivity index (χ0) is 10.7. The molecule has 3 N–H and O–H groups in total. The van der Waals surface area contributed by atoms with Gasteiger partial charge in [-0.2, -0.15) is 5.10 Å². The Labute approximate surface area is 88.2 Å². The fourth-order valence-corrected chi connectivity index (χ4v) is 1.81. The van der Waals surface area contributed by atoms with E-state index < -0.39 is 5.60 Å². The number of nitrogens with one attached hydrogen (secondary N) is 1. The molecular formula is C9H16N4O2. The lowest BCUT2D eigenvalue weighted by atomic mass is 9.93. The molecule has 0 aliphatic carbocycles. The smallest absolute Gasteiger partial charge is 0.182 e. The first-order valence-electron chi connectivity index (χ1n) is 5.05. The second-order valence-corrected chi connectivity index (χ2v) is 3.62. The van der Waals surface area contributed by atoms with Crippen molar-refractivity contribution in [2.75, 3.05) is 20.3 Å². The molecule has 2 rings (SSSR count). The summed E-state index contributed by atoms with van der Waals surface area (Å²) in [7, 11) is 1.68. The largest absolute Gasteiger partial charge is 0.381 e. The minimum absolute atomic E-state index is 0.364. The molecule has 84 valence electrons. The van der Waals surface area contributed by atoms with Gasteiger partial charge >= 0.3 is 0 Å². The van der Waals surface area contributed by atoms with Crippen molar-refractivity contribution in [3.63, 3.8) is 0 Å². The van der Waals surface area contributed by atoms with Crippen LogP contribution in [0.25, 0.3) is 0 Å². The van der Waals surface area contributed by atoms with Gasteiger partial charge in [-0.1, -0.05) is 0 Å². The molecular weight excluding hydrogens is 196 g/mol. The summed E-state index contributed by atoms with van der Waals surface area (Å²) in [6, 6.07) is 0. The van der Waals surface area contributed by atoms with Crippen LogP contribution in [0.2, 0.25) is 0 Å². The summed E-state index contributed by atoms with van der Waals surface area (Å²) >= 11 is 0. The molecule has 1 aliphatic rings. The number of rotatable bonds is 3. The Kier molecular flexibility index (Phi) is 2.99. The van der Waals surface area contributed by atoms with Crippen molar-refractivity contribution < 1.29 is 9.47 Å². The number of H-pyrrole nitrogens is 1. The second-order valence-electron chi connectivity index (χ2n) is 3.62. The molecule has 2 heterocycles. The van der Waals surface area contributed by atoms with Gasteiger partial charge in [-0.15, -0.1) is 0 Å². The molecule has 6 nitrogen and oxygen atoms in total. The van der Waals surface area contributed by atoms with Crippen LogP contribution >= 0.6 is 0 Å². The molecule has 6 heteroatoms. The topological polar surface area (TPSA) is 86.0 Å². The normalized spacial score (nSPS) is 20.4. The van der Waals surface area contributed by atoms with Crippen LogP contribution < -0.4 is 5.73 Å². The van der Waals surface area contributed by atoms with E-state index in [4.69, 9.17) is 15.2 Å². The van der Waals surface area contributed by atoms with Crippen molar-refractivity contribution >= 4 is 0 Å². The van der Waals surface area contributed by atoms with E-state index >= 15 is 0 Å². The Morgan fingerprint density at radius 3 is 2.80 bits per heavy atom. The zero-order valence-electron chi connectivity index (χ0n) is 8.82. The van der Waals surface area contributed by atoms with E-state index in [1.165, 1.54) is 0 Å². The van der Waals surface area contributed by atoms with Gasteiger partial charge in [-0.05, 0) is 0 Å². The molecule has 0 bridgehead atoms. The van der Waals surface area contributed by atoms with E-state index in [1.807, 2.05) is 0 Å². The van der Waals surface area contributed by atoms with Crippen LogP contribution in [0.4, 0.5) is 0 Å². The number of methoxy groups -OCH3 is 1. The molecule has 0 atom stereocenters. The van der Waals surface area contributed by atoms with E-state index in [2.05, 4.69) is 15.2 Å². The maximum absolute atomic E-state index is 5.56. The lowest BCUT2D eigenvalue weighted by Gasteiger charge is -2.33. The predicted octanol–water partition coefficient (Wildman–Crippen LogP) is -0.0845. The summed E-state index contributed by atoms with van der Waals surface area (Å²) in [6.07, 6.45) is 1.57. The van der Waals surface area contributed by atoms with E-state index in [0.29, 0.717) is 31.4 Å². The van der Waals surface area contributed by atoms with Gasteiger partial charge in [0.05, 0.1) is 6.54 Å². The van der Waals surface area contributed by atoms with Gasteiger partial charge < -0.3 is 15.2 Å². The predicted molar refractivity (Wildman–Crippen MR) is 53.0 cm³/mol. The van der Waals surface area contributed by atoms with Gasteiger partial charge in [0.1, 0.15) is 11.4 Å². The molecule has 1 aromatic heterocycles. The molecule has 0 radical (unpaired) electrons. The van der Waals surface area contributed by atoms with Gasteiger partial charge in [-0.3, -0.25) is 5.10 Å². The summed E-state index contributed by atoms with van der Waals surface area (Å²) in [5.74, 6) is 1.38. The Hall–Kier alpha value is -0.980. The van der Waals surface area contributed by atoms with Crippen LogP contribution in [0.5, 0.6) is 0 Å². The molecule has 0 unspecified atom stereocenters. The second kappa shape index (κ2) is 4.26. The van der Waals surface area contributed by atoms with E-state index in [-0.39, 0.29) is 0 Å². The third kappa shape index (κ3) is 1.88. The first-order valence-corrected chi connectivity index (χ1v) is 5.05. The van der Waals surface area contributed by atoms with Crippen LogP contribution in [-0.2, 0) is 21.6 Å². The Morgan fingerprint density at radius 2 is 2.27 bits per heavy atom. The maximum atomic E-state index is 5.56. The van der Waals surface area contributed by atoms with Crippen LogP contribution in [0.1, 0.15) is 24.5 Å². The number of hydrogen-bond donors (Lipinski definition) is 2. The number of aromatic amines is 1. The van der Waals surface area contributed by atoms with Crippen molar-refractivity contribution in [1.82, 2.24) is 15.2 Å². The summed E-state index contributed by atoms with van der Waals surface area (Å²) < 4.78 is 10.9. The van der Waals surface area contributed by atoms with Crippen molar-refractivity contribution in [2.45, 2.75) is 25.0 Å². The molecule has 0 amide bonds. The fraction of sp³-hybridized carbons (Fsp3) is 0.778. The summed E-state index contributed by atoms with van der Waals surface area (Å²) in [5.41, 5.74) is 5.08. The molecule has 1 aromatic rings. The van der Waals surface area contributed by atoms with Crippen molar-refractivity contribution in [1.29, 1.82) is 0 Å². The summed E-state index contributed by atoms with van der Waals surface area (Å²) in [5, 5.41) is 6.96. The van der Waals surface area contributed by atoms with Crippen LogP contribution in [0, 0.1) is 0 Å². The summed E-state index contributed by atoms with van der Waals surface area (Å²) in [6.45, 7) is 1.73. The molecule has 0 spiro atoms. The average Bonchev–Trinajstić information content (AvgIpc) is 2.79. The minimum Gasteiger partial charge on any atom is -0.381 e. The van der Waals surface area contributed by atoms with Gasteiger partial charge in [0.25, 0.3) is 0 Å². The number of ether oxygens (including phenoxy) is 2. The molecule has 15 heavy (non-hydrogen) atoms. The van der Waals surface area contributed by atoms with Gasteiger partial charge in [0, 0.05) is 33.2 Å². The molecule has 1 saturated heterocycles. The van der Waals surface area contributed by atoms with Crippen molar-refractivity contribution in [3.8, 4) is 0 Å². The zero-order valence-corrected chi connectivity index (χ0v) is 8.82. The van der Waals surface area contributed by atoms with Crippen LogP contribution in [0.15, 0.2) is 0 Å². The van der Waals surface area contributed by atoms with Gasteiger partial charge in [0.15, 0.2) is 5.82 Å². The van der Waals surface area contributed by atoms with E-state index in [0.717, 1.165) is 12.8 Å².